The highest BCUT2D eigenvalue weighted by Gasteiger charge is 2.34. The minimum Gasteiger partial charge on any atom is -0.321 e. The Morgan fingerprint density at radius 1 is 1.11 bits per heavy atom. The molecule has 0 saturated heterocycles. The van der Waals surface area contributed by atoms with E-state index < -0.39 is 0 Å². The Bertz CT molecular complexity index is 627. The van der Waals surface area contributed by atoms with Crippen molar-refractivity contribution >= 4 is 11.8 Å². The van der Waals surface area contributed by atoms with Crippen molar-refractivity contribution in [2.24, 2.45) is 7.05 Å². The Morgan fingerprint density at radius 2 is 1.74 bits per heavy atom. The molecular formula is C13H12N4O2. The number of aromatic nitrogens is 3. The highest BCUT2D eigenvalue weighted by molar-refractivity contribution is 6.21. The second-order valence-electron chi connectivity index (χ2n) is 4.42. The van der Waals surface area contributed by atoms with Gasteiger partial charge in [0.25, 0.3) is 11.8 Å². The van der Waals surface area contributed by atoms with Crippen LogP contribution >= 0.6 is 0 Å². The van der Waals surface area contributed by atoms with Crippen molar-refractivity contribution in [3.8, 4) is 0 Å². The molecular weight excluding hydrogens is 244 g/mol. The van der Waals surface area contributed by atoms with Gasteiger partial charge in [-0.3, -0.25) is 14.5 Å². The van der Waals surface area contributed by atoms with Crippen LogP contribution in [0, 0.1) is 0 Å². The van der Waals surface area contributed by atoms with Crippen LogP contribution in [0.15, 0.2) is 30.6 Å². The van der Waals surface area contributed by atoms with Crippen molar-refractivity contribution in [1.82, 2.24) is 19.7 Å². The summed E-state index contributed by atoms with van der Waals surface area (Å²) in [5.74, 6) is 0.280. The van der Waals surface area contributed by atoms with Gasteiger partial charge in [-0.05, 0) is 12.1 Å². The highest BCUT2D eigenvalue weighted by atomic mass is 16.2. The van der Waals surface area contributed by atoms with Gasteiger partial charge in [0.1, 0.15) is 12.2 Å². The van der Waals surface area contributed by atoms with E-state index in [2.05, 4.69) is 10.2 Å². The van der Waals surface area contributed by atoms with E-state index in [1.165, 1.54) is 4.90 Å². The zero-order valence-corrected chi connectivity index (χ0v) is 10.4. The van der Waals surface area contributed by atoms with E-state index in [0.29, 0.717) is 24.1 Å². The molecule has 0 aliphatic carbocycles. The molecule has 0 radical (unpaired) electrons. The van der Waals surface area contributed by atoms with Gasteiger partial charge in [-0.1, -0.05) is 12.1 Å². The van der Waals surface area contributed by atoms with Crippen LogP contribution in [-0.4, -0.2) is 38.0 Å². The molecule has 0 spiro atoms. The van der Waals surface area contributed by atoms with E-state index in [4.69, 9.17) is 0 Å². The molecule has 0 unspecified atom stereocenters. The van der Waals surface area contributed by atoms with Crippen LogP contribution in [0.25, 0.3) is 0 Å². The smallest absolute Gasteiger partial charge is 0.261 e. The number of aryl methyl sites for hydroxylation is 1. The minimum absolute atomic E-state index is 0.234. The molecule has 0 fully saturated rings. The molecule has 2 aromatic rings. The first-order valence-corrected chi connectivity index (χ1v) is 5.96. The number of carbonyl (C=O) groups excluding carboxylic acids is 2. The van der Waals surface area contributed by atoms with Crippen molar-refractivity contribution in [2.45, 2.75) is 6.42 Å². The van der Waals surface area contributed by atoms with Gasteiger partial charge in [0.2, 0.25) is 0 Å². The maximum absolute atomic E-state index is 12.1. The van der Waals surface area contributed by atoms with Crippen molar-refractivity contribution in [3.63, 3.8) is 0 Å². The molecule has 2 amide bonds. The lowest BCUT2D eigenvalue weighted by Gasteiger charge is -2.12. The van der Waals surface area contributed by atoms with Gasteiger partial charge in [0.15, 0.2) is 0 Å². The van der Waals surface area contributed by atoms with Crippen molar-refractivity contribution in [3.05, 3.63) is 47.5 Å². The highest BCUT2D eigenvalue weighted by Crippen LogP contribution is 2.22. The van der Waals surface area contributed by atoms with Crippen molar-refractivity contribution < 1.29 is 9.59 Å². The van der Waals surface area contributed by atoms with Crippen LogP contribution in [0.2, 0.25) is 0 Å². The first kappa shape index (κ1) is 11.6. The summed E-state index contributed by atoms with van der Waals surface area (Å²) >= 11 is 0. The van der Waals surface area contributed by atoms with Crippen LogP contribution in [0.1, 0.15) is 26.5 Å². The van der Waals surface area contributed by atoms with Gasteiger partial charge >= 0.3 is 0 Å². The maximum Gasteiger partial charge on any atom is 0.261 e. The minimum atomic E-state index is -0.234. The van der Waals surface area contributed by atoms with E-state index in [9.17, 15) is 9.59 Å². The van der Waals surface area contributed by atoms with E-state index in [-0.39, 0.29) is 11.8 Å². The third kappa shape index (κ3) is 1.81. The van der Waals surface area contributed by atoms with E-state index in [0.717, 1.165) is 5.82 Å². The second-order valence-corrected chi connectivity index (χ2v) is 4.42. The molecule has 3 rings (SSSR count). The van der Waals surface area contributed by atoms with Crippen molar-refractivity contribution in [2.75, 3.05) is 6.54 Å². The molecule has 2 heterocycles. The number of carbonyl (C=O) groups is 2. The number of imide groups is 1. The maximum atomic E-state index is 12.1. The predicted octanol–water partition coefficient (Wildman–Crippen LogP) is 0.654. The fraction of sp³-hybridized carbons (Fsp3) is 0.231. The molecule has 1 aliphatic rings. The van der Waals surface area contributed by atoms with Crippen molar-refractivity contribution in [1.29, 1.82) is 0 Å². The van der Waals surface area contributed by atoms with Gasteiger partial charge in [-0.2, -0.15) is 0 Å². The summed E-state index contributed by atoms with van der Waals surface area (Å²) in [5.41, 5.74) is 0.955. The van der Waals surface area contributed by atoms with E-state index in [1.807, 2.05) is 7.05 Å². The molecule has 6 heteroatoms. The molecule has 1 aromatic heterocycles. The van der Waals surface area contributed by atoms with Gasteiger partial charge in [0, 0.05) is 20.0 Å². The number of amides is 2. The molecule has 96 valence electrons. The lowest BCUT2D eigenvalue weighted by molar-refractivity contribution is 0.0655. The number of nitrogens with zero attached hydrogens (tertiary/aromatic N) is 4. The molecule has 0 bridgehead atoms. The van der Waals surface area contributed by atoms with Crippen LogP contribution < -0.4 is 0 Å². The topological polar surface area (TPSA) is 68.1 Å². The first-order chi connectivity index (χ1) is 9.18. The number of hydrogen-bond acceptors (Lipinski definition) is 4. The van der Waals surface area contributed by atoms with Crippen LogP contribution in [-0.2, 0) is 13.5 Å². The van der Waals surface area contributed by atoms with E-state index >= 15 is 0 Å². The fourth-order valence-electron chi connectivity index (χ4n) is 2.19. The summed E-state index contributed by atoms with van der Waals surface area (Å²) in [6.07, 6.45) is 2.10. The SMILES string of the molecule is Cn1cnnc1CCN1C(=O)c2ccccc2C1=O. The lowest BCUT2D eigenvalue weighted by atomic mass is 10.1. The van der Waals surface area contributed by atoms with E-state index in [1.54, 1.807) is 35.2 Å². The molecule has 0 saturated carbocycles. The third-order valence-corrected chi connectivity index (χ3v) is 3.24. The average molecular weight is 256 g/mol. The second kappa shape index (κ2) is 4.31. The Balaban J connectivity index is 1.79. The zero-order valence-electron chi connectivity index (χ0n) is 10.4. The normalized spacial score (nSPS) is 14.1. The predicted molar refractivity (Wildman–Crippen MR) is 66.5 cm³/mol. The number of benzene rings is 1. The zero-order chi connectivity index (χ0) is 13.4. The molecule has 0 atom stereocenters. The summed E-state index contributed by atoms with van der Waals surface area (Å²) < 4.78 is 1.78. The number of hydrogen-bond donors (Lipinski definition) is 0. The van der Waals surface area contributed by atoms with Crippen LogP contribution in [0.5, 0.6) is 0 Å². The van der Waals surface area contributed by atoms with Gasteiger partial charge < -0.3 is 4.57 Å². The third-order valence-electron chi connectivity index (χ3n) is 3.24. The average Bonchev–Trinajstić information content (AvgIpc) is 2.93. The molecule has 1 aliphatic heterocycles. The Hall–Kier alpha value is -2.50. The Kier molecular flexibility index (Phi) is 2.63. The first-order valence-electron chi connectivity index (χ1n) is 5.96. The Morgan fingerprint density at radius 3 is 2.26 bits per heavy atom. The van der Waals surface area contributed by atoms with Gasteiger partial charge in [-0.25, -0.2) is 0 Å². The standard InChI is InChI=1S/C13H12N4O2/c1-16-8-14-15-11(16)6-7-17-12(18)9-4-2-3-5-10(9)13(17)19/h2-5,8H,6-7H2,1H3. The van der Waals surface area contributed by atoms with Crippen LogP contribution in [0.3, 0.4) is 0 Å². The van der Waals surface area contributed by atoms with Gasteiger partial charge in [0.05, 0.1) is 11.1 Å². The molecule has 19 heavy (non-hydrogen) atoms. The largest absolute Gasteiger partial charge is 0.321 e. The van der Waals surface area contributed by atoms with Gasteiger partial charge in [-0.15, -0.1) is 10.2 Å². The summed E-state index contributed by atoms with van der Waals surface area (Å²) in [7, 11) is 1.83. The summed E-state index contributed by atoms with van der Waals surface area (Å²) in [4.78, 5) is 25.5. The molecule has 0 N–H and O–H groups in total. The summed E-state index contributed by atoms with van der Waals surface area (Å²) in [5, 5.41) is 7.71. The quantitative estimate of drug-likeness (QED) is 0.756. The Labute approximate surface area is 109 Å². The number of fused-ring (bicyclic) bond motifs is 1. The fourth-order valence-corrected chi connectivity index (χ4v) is 2.19. The molecule has 1 aromatic carbocycles. The summed E-state index contributed by atoms with van der Waals surface area (Å²) in [6.45, 7) is 0.318. The summed E-state index contributed by atoms with van der Waals surface area (Å²) in [6, 6.07) is 6.88. The monoisotopic (exact) mass is 256 g/mol. The lowest BCUT2D eigenvalue weighted by Crippen LogP contribution is -2.32. The number of rotatable bonds is 3. The molecule has 6 nitrogen and oxygen atoms in total. The van der Waals surface area contributed by atoms with Crippen LogP contribution in [0.4, 0.5) is 0 Å².